The van der Waals surface area contributed by atoms with E-state index in [9.17, 15) is 9.18 Å². The molecule has 98 valence electrons. The number of carbonyl (C=O) groups excluding carboxylic acids is 1. The first-order valence-corrected chi connectivity index (χ1v) is 6.72. The van der Waals surface area contributed by atoms with Crippen LogP contribution < -0.4 is 5.32 Å². The highest BCUT2D eigenvalue weighted by Crippen LogP contribution is 2.23. The van der Waals surface area contributed by atoms with Crippen LogP contribution in [0.3, 0.4) is 0 Å². The number of hydrogen-bond acceptors (Lipinski definition) is 1. The third-order valence-corrected chi connectivity index (χ3v) is 3.95. The van der Waals surface area contributed by atoms with Crippen molar-refractivity contribution in [2.24, 2.45) is 0 Å². The molecule has 0 spiro atoms. The van der Waals surface area contributed by atoms with Crippen LogP contribution in [0.4, 0.5) is 4.39 Å². The van der Waals surface area contributed by atoms with Gasteiger partial charge in [0.05, 0.1) is 5.38 Å². The number of aryl methyl sites for hydroxylation is 1. The van der Waals surface area contributed by atoms with Gasteiger partial charge >= 0.3 is 0 Å². The Balaban J connectivity index is 2.07. The van der Waals surface area contributed by atoms with Crippen molar-refractivity contribution in [1.29, 1.82) is 0 Å². The van der Waals surface area contributed by atoms with Crippen molar-refractivity contribution in [3.05, 3.63) is 35.1 Å². The average molecular weight is 270 g/mol. The van der Waals surface area contributed by atoms with E-state index < -0.39 is 0 Å². The molecule has 2 nitrogen and oxygen atoms in total. The molecule has 4 heteroatoms. The van der Waals surface area contributed by atoms with Gasteiger partial charge in [-0.3, -0.25) is 4.79 Å². The first-order valence-electron chi connectivity index (χ1n) is 6.29. The number of rotatable bonds is 2. The Bertz CT molecular complexity index is 449. The predicted octanol–water partition coefficient (Wildman–Crippen LogP) is 3.41. The van der Waals surface area contributed by atoms with Crippen molar-refractivity contribution in [1.82, 2.24) is 5.32 Å². The standard InChI is InChI=1S/C14H17ClFNO/c1-9-8-10(16)6-7-11(9)14(18)17-13-5-3-2-4-12(13)15/h6-8,12-13H,2-5H2,1H3,(H,17,18). The fourth-order valence-electron chi connectivity index (χ4n) is 2.38. The Kier molecular flexibility index (Phi) is 4.23. The van der Waals surface area contributed by atoms with Crippen molar-refractivity contribution in [3.63, 3.8) is 0 Å². The summed E-state index contributed by atoms with van der Waals surface area (Å²) >= 11 is 6.20. The summed E-state index contributed by atoms with van der Waals surface area (Å²) in [5.74, 6) is -0.484. The summed E-state index contributed by atoms with van der Waals surface area (Å²) in [6.45, 7) is 1.73. The van der Waals surface area contributed by atoms with Gasteiger partial charge in [0.2, 0.25) is 0 Å². The van der Waals surface area contributed by atoms with Crippen LogP contribution in [0.5, 0.6) is 0 Å². The Labute approximate surface area is 112 Å². The smallest absolute Gasteiger partial charge is 0.251 e. The third-order valence-electron chi connectivity index (χ3n) is 3.43. The molecule has 2 atom stereocenters. The molecule has 0 aromatic heterocycles. The highest BCUT2D eigenvalue weighted by atomic mass is 35.5. The minimum absolute atomic E-state index is 0.00320. The van der Waals surface area contributed by atoms with E-state index in [0.717, 1.165) is 25.7 Å². The summed E-state index contributed by atoms with van der Waals surface area (Å²) in [5, 5.41) is 2.96. The number of amides is 1. The number of halogens is 2. The van der Waals surface area contributed by atoms with Gasteiger partial charge in [0, 0.05) is 11.6 Å². The van der Waals surface area contributed by atoms with Crippen LogP contribution in [0, 0.1) is 12.7 Å². The van der Waals surface area contributed by atoms with E-state index in [0.29, 0.717) is 11.1 Å². The normalized spacial score (nSPS) is 23.7. The summed E-state index contributed by atoms with van der Waals surface area (Å²) in [4.78, 5) is 12.1. The van der Waals surface area contributed by atoms with Crippen molar-refractivity contribution >= 4 is 17.5 Å². The van der Waals surface area contributed by atoms with Crippen LogP contribution in [0.15, 0.2) is 18.2 Å². The molecule has 1 aliphatic carbocycles. The zero-order chi connectivity index (χ0) is 13.1. The van der Waals surface area contributed by atoms with Gasteiger partial charge in [0.1, 0.15) is 5.82 Å². The van der Waals surface area contributed by atoms with E-state index in [1.54, 1.807) is 6.92 Å². The maximum Gasteiger partial charge on any atom is 0.251 e. The lowest BCUT2D eigenvalue weighted by Gasteiger charge is -2.28. The van der Waals surface area contributed by atoms with Crippen molar-refractivity contribution in [2.75, 3.05) is 0 Å². The molecule has 0 heterocycles. The molecule has 0 bridgehead atoms. The van der Waals surface area contributed by atoms with Gasteiger partial charge in [-0.05, 0) is 43.5 Å². The minimum Gasteiger partial charge on any atom is -0.348 e. The van der Waals surface area contributed by atoms with Crippen molar-refractivity contribution in [3.8, 4) is 0 Å². The Morgan fingerprint density at radius 2 is 2.11 bits per heavy atom. The van der Waals surface area contributed by atoms with E-state index in [4.69, 9.17) is 11.6 Å². The summed E-state index contributed by atoms with van der Waals surface area (Å²) in [7, 11) is 0. The summed E-state index contributed by atoms with van der Waals surface area (Å²) in [5.41, 5.74) is 1.17. The Morgan fingerprint density at radius 1 is 1.39 bits per heavy atom. The second-order valence-corrected chi connectivity index (χ2v) is 5.40. The number of benzene rings is 1. The SMILES string of the molecule is Cc1cc(F)ccc1C(=O)NC1CCCCC1Cl. The van der Waals surface area contributed by atoms with Gasteiger partial charge in [0.25, 0.3) is 5.91 Å². The van der Waals surface area contributed by atoms with E-state index >= 15 is 0 Å². The molecule has 0 radical (unpaired) electrons. The quantitative estimate of drug-likeness (QED) is 0.819. The molecule has 18 heavy (non-hydrogen) atoms. The fraction of sp³-hybridized carbons (Fsp3) is 0.500. The lowest BCUT2D eigenvalue weighted by atomic mass is 9.94. The van der Waals surface area contributed by atoms with Crippen LogP contribution in [-0.4, -0.2) is 17.3 Å². The van der Waals surface area contributed by atoms with Crippen LogP contribution in [0.2, 0.25) is 0 Å². The first kappa shape index (κ1) is 13.3. The Hall–Kier alpha value is -1.09. The zero-order valence-electron chi connectivity index (χ0n) is 10.4. The molecule has 2 unspecified atom stereocenters. The molecule has 1 N–H and O–H groups in total. The lowest BCUT2D eigenvalue weighted by Crippen LogP contribution is -2.43. The number of alkyl halides is 1. The topological polar surface area (TPSA) is 29.1 Å². The predicted molar refractivity (Wildman–Crippen MR) is 70.5 cm³/mol. The molecule has 1 fully saturated rings. The second-order valence-electron chi connectivity index (χ2n) is 4.84. The second kappa shape index (κ2) is 5.70. The van der Waals surface area contributed by atoms with E-state index in [1.165, 1.54) is 18.2 Å². The van der Waals surface area contributed by atoms with Gasteiger partial charge in [-0.2, -0.15) is 0 Å². The molecule has 2 rings (SSSR count). The zero-order valence-corrected chi connectivity index (χ0v) is 11.1. The van der Waals surface area contributed by atoms with Crippen molar-refractivity contribution < 1.29 is 9.18 Å². The van der Waals surface area contributed by atoms with Gasteiger partial charge < -0.3 is 5.32 Å². The first-order chi connectivity index (χ1) is 8.58. The van der Waals surface area contributed by atoms with Crippen LogP contribution >= 0.6 is 11.6 Å². The molecule has 1 aromatic carbocycles. The third kappa shape index (κ3) is 3.02. The molecule has 1 aromatic rings. The van der Waals surface area contributed by atoms with Gasteiger partial charge in [-0.25, -0.2) is 4.39 Å². The maximum atomic E-state index is 13.0. The number of hydrogen-bond donors (Lipinski definition) is 1. The fourth-order valence-corrected chi connectivity index (χ4v) is 2.72. The maximum absolute atomic E-state index is 13.0. The largest absolute Gasteiger partial charge is 0.348 e. The molecule has 1 aliphatic rings. The van der Waals surface area contributed by atoms with E-state index in [1.807, 2.05) is 0 Å². The summed E-state index contributed by atoms with van der Waals surface area (Å²) in [6.07, 6.45) is 4.07. The minimum atomic E-state index is -0.322. The van der Waals surface area contributed by atoms with Gasteiger partial charge in [-0.1, -0.05) is 12.8 Å². The van der Waals surface area contributed by atoms with Crippen LogP contribution in [0.25, 0.3) is 0 Å². The molecule has 0 aliphatic heterocycles. The van der Waals surface area contributed by atoms with Crippen LogP contribution in [-0.2, 0) is 0 Å². The highest BCUT2D eigenvalue weighted by Gasteiger charge is 2.25. The summed E-state index contributed by atoms with van der Waals surface area (Å²) in [6, 6.07) is 4.22. The highest BCUT2D eigenvalue weighted by molar-refractivity contribution is 6.21. The molecule has 0 saturated heterocycles. The van der Waals surface area contributed by atoms with Gasteiger partial charge in [0.15, 0.2) is 0 Å². The average Bonchev–Trinajstić information content (AvgIpc) is 2.32. The van der Waals surface area contributed by atoms with Crippen LogP contribution in [0.1, 0.15) is 41.6 Å². The Morgan fingerprint density at radius 3 is 2.78 bits per heavy atom. The number of carbonyl (C=O) groups is 1. The van der Waals surface area contributed by atoms with E-state index in [2.05, 4.69) is 5.32 Å². The van der Waals surface area contributed by atoms with Crippen molar-refractivity contribution in [2.45, 2.75) is 44.0 Å². The lowest BCUT2D eigenvalue weighted by molar-refractivity contribution is 0.0928. The van der Waals surface area contributed by atoms with Gasteiger partial charge in [-0.15, -0.1) is 11.6 Å². The number of nitrogens with one attached hydrogen (secondary N) is 1. The van der Waals surface area contributed by atoms with E-state index in [-0.39, 0.29) is 23.1 Å². The monoisotopic (exact) mass is 269 g/mol. The molecule has 1 saturated carbocycles. The molecular formula is C14H17ClFNO. The molecule has 1 amide bonds. The molecular weight excluding hydrogens is 253 g/mol. The summed E-state index contributed by atoms with van der Waals surface area (Å²) < 4.78 is 13.0.